The van der Waals surface area contributed by atoms with Gasteiger partial charge in [0.1, 0.15) is 17.5 Å². The summed E-state index contributed by atoms with van der Waals surface area (Å²) in [5.41, 5.74) is 0.0492. The fourth-order valence-corrected chi connectivity index (χ4v) is 2.90. The van der Waals surface area contributed by atoms with Crippen molar-refractivity contribution in [3.05, 3.63) is 35.6 Å². The number of carboxylic acid groups (broad SMARTS) is 1. The summed E-state index contributed by atoms with van der Waals surface area (Å²) in [5, 5.41) is 9.51. The van der Waals surface area contributed by atoms with Gasteiger partial charge in [0.2, 0.25) is 0 Å². The maximum absolute atomic E-state index is 13.3. The third kappa shape index (κ3) is 4.43. The van der Waals surface area contributed by atoms with Crippen molar-refractivity contribution in [2.45, 2.75) is 45.3 Å². The number of halogens is 1. The molecule has 2 rings (SSSR count). The summed E-state index contributed by atoms with van der Waals surface area (Å²) in [7, 11) is 0. The van der Waals surface area contributed by atoms with Crippen molar-refractivity contribution in [2.75, 3.05) is 6.54 Å². The van der Waals surface area contributed by atoms with Gasteiger partial charge in [-0.25, -0.2) is 14.0 Å². The van der Waals surface area contributed by atoms with Crippen molar-refractivity contribution in [2.24, 2.45) is 5.92 Å². The van der Waals surface area contributed by atoms with E-state index in [1.807, 2.05) is 0 Å². The molecular weight excluding hydrogens is 301 g/mol. The lowest BCUT2D eigenvalue weighted by Crippen LogP contribution is -2.45. The average Bonchev–Trinajstić information content (AvgIpc) is 2.80. The lowest BCUT2D eigenvalue weighted by Gasteiger charge is -2.28. The first-order valence-corrected chi connectivity index (χ1v) is 7.64. The number of nitrogens with zero attached hydrogens (tertiary/aromatic N) is 1. The molecule has 2 atom stereocenters. The molecule has 1 aliphatic rings. The largest absolute Gasteiger partial charge is 0.480 e. The number of aliphatic carboxylic acids is 1. The number of likely N-dealkylation sites (tertiary alicyclic amines) is 1. The molecule has 1 aromatic rings. The molecule has 6 heteroatoms. The Balaban J connectivity index is 2.13. The SMILES string of the molecule is CC(C)(C)OC(=O)N1CC[C@H](Cc2cccc(F)c2)[C@H]1C(=O)O. The van der Waals surface area contributed by atoms with Gasteiger partial charge in [0.05, 0.1) is 0 Å². The van der Waals surface area contributed by atoms with Crippen LogP contribution < -0.4 is 0 Å². The van der Waals surface area contributed by atoms with Crippen LogP contribution in [0.2, 0.25) is 0 Å². The van der Waals surface area contributed by atoms with E-state index in [9.17, 15) is 19.1 Å². The Labute approximate surface area is 135 Å². The van der Waals surface area contributed by atoms with Gasteiger partial charge < -0.3 is 9.84 Å². The lowest BCUT2D eigenvalue weighted by molar-refractivity contribution is -0.143. The molecule has 1 amide bonds. The number of hydrogen-bond acceptors (Lipinski definition) is 3. The molecule has 0 spiro atoms. The van der Waals surface area contributed by atoms with Gasteiger partial charge in [-0.05, 0) is 57.2 Å². The monoisotopic (exact) mass is 323 g/mol. The van der Waals surface area contributed by atoms with Gasteiger partial charge in [0.25, 0.3) is 0 Å². The molecule has 1 N–H and O–H groups in total. The Hall–Kier alpha value is -2.11. The van der Waals surface area contributed by atoms with Gasteiger partial charge in [-0.1, -0.05) is 12.1 Å². The quantitative estimate of drug-likeness (QED) is 0.928. The highest BCUT2D eigenvalue weighted by atomic mass is 19.1. The third-order valence-electron chi connectivity index (χ3n) is 3.79. The number of benzene rings is 1. The standard InChI is InChI=1S/C17H22FNO4/c1-17(2,3)23-16(22)19-8-7-12(14(19)15(20)21)9-11-5-4-6-13(18)10-11/h4-6,10,12,14H,7-9H2,1-3H3,(H,20,21)/t12-,14+/m1/s1. The van der Waals surface area contributed by atoms with Gasteiger partial charge >= 0.3 is 12.1 Å². The molecule has 1 aromatic carbocycles. The molecular formula is C17H22FNO4. The van der Waals surface area contributed by atoms with Gasteiger partial charge in [-0.2, -0.15) is 0 Å². The van der Waals surface area contributed by atoms with Gasteiger partial charge in [0.15, 0.2) is 0 Å². The van der Waals surface area contributed by atoms with E-state index >= 15 is 0 Å². The summed E-state index contributed by atoms with van der Waals surface area (Å²) >= 11 is 0. The summed E-state index contributed by atoms with van der Waals surface area (Å²) < 4.78 is 18.6. The number of amides is 1. The second-order valence-electron chi connectivity index (χ2n) is 6.84. The van der Waals surface area contributed by atoms with Crippen LogP contribution in [-0.4, -0.2) is 40.3 Å². The summed E-state index contributed by atoms with van der Waals surface area (Å²) in [5.74, 6) is -1.67. The Morgan fingerprint density at radius 2 is 2.09 bits per heavy atom. The van der Waals surface area contributed by atoms with Crippen LogP contribution in [0.15, 0.2) is 24.3 Å². The normalized spacial score (nSPS) is 21.3. The highest BCUT2D eigenvalue weighted by Crippen LogP contribution is 2.29. The van der Waals surface area contributed by atoms with Crippen molar-refractivity contribution in [1.82, 2.24) is 4.90 Å². The van der Waals surface area contributed by atoms with Crippen LogP contribution in [0.4, 0.5) is 9.18 Å². The van der Waals surface area contributed by atoms with E-state index in [0.717, 1.165) is 5.56 Å². The zero-order chi connectivity index (χ0) is 17.2. The average molecular weight is 323 g/mol. The Morgan fingerprint density at radius 1 is 1.39 bits per heavy atom. The van der Waals surface area contributed by atoms with Gasteiger partial charge in [0, 0.05) is 6.54 Å². The molecule has 0 radical (unpaired) electrons. The predicted octanol–water partition coefficient (Wildman–Crippen LogP) is 3.08. The maximum atomic E-state index is 13.3. The summed E-state index contributed by atoms with van der Waals surface area (Å²) in [4.78, 5) is 25.1. The molecule has 5 nitrogen and oxygen atoms in total. The predicted molar refractivity (Wildman–Crippen MR) is 82.6 cm³/mol. The van der Waals surface area contributed by atoms with E-state index in [2.05, 4.69) is 0 Å². The first-order chi connectivity index (χ1) is 10.7. The highest BCUT2D eigenvalue weighted by Gasteiger charge is 2.43. The van der Waals surface area contributed by atoms with Crippen LogP contribution in [0.25, 0.3) is 0 Å². The zero-order valence-corrected chi connectivity index (χ0v) is 13.6. The van der Waals surface area contributed by atoms with Gasteiger partial charge in [-0.15, -0.1) is 0 Å². The van der Waals surface area contributed by atoms with Crippen molar-refractivity contribution >= 4 is 12.1 Å². The zero-order valence-electron chi connectivity index (χ0n) is 13.6. The molecule has 0 aliphatic carbocycles. The minimum absolute atomic E-state index is 0.262. The molecule has 1 fully saturated rings. The van der Waals surface area contributed by atoms with Crippen molar-refractivity contribution < 1.29 is 23.8 Å². The fourth-order valence-electron chi connectivity index (χ4n) is 2.90. The number of carbonyl (C=O) groups is 2. The van der Waals surface area contributed by atoms with Crippen molar-refractivity contribution in [3.63, 3.8) is 0 Å². The van der Waals surface area contributed by atoms with Crippen molar-refractivity contribution in [1.29, 1.82) is 0 Å². The smallest absolute Gasteiger partial charge is 0.411 e. The molecule has 1 aliphatic heterocycles. The highest BCUT2D eigenvalue weighted by molar-refractivity contribution is 5.81. The minimum Gasteiger partial charge on any atom is -0.480 e. The van der Waals surface area contributed by atoms with Crippen LogP contribution in [0.3, 0.4) is 0 Å². The van der Waals surface area contributed by atoms with Crippen LogP contribution in [0, 0.1) is 11.7 Å². The minimum atomic E-state index is -1.06. The molecule has 0 saturated carbocycles. The molecule has 0 unspecified atom stereocenters. The molecule has 1 saturated heterocycles. The van der Waals surface area contributed by atoms with E-state index in [1.165, 1.54) is 17.0 Å². The van der Waals surface area contributed by atoms with E-state index < -0.39 is 23.7 Å². The summed E-state index contributed by atoms with van der Waals surface area (Å²) in [6.07, 6.45) is 0.340. The van der Waals surface area contributed by atoms with E-state index in [4.69, 9.17) is 4.74 Å². The molecule has 126 valence electrons. The Kier molecular flexibility index (Phi) is 4.92. The van der Waals surface area contributed by atoms with Crippen LogP contribution in [0.1, 0.15) is 32.8 Å². The second kappa shape index (κ2) is 6.56. The maximum Gasteiger partial charge on any atom is 0.411 e. The number of hydrogen-bond donors (Lipinski definition) is 1. The fraction of sp³-hybridized carbons (Fsp3) is 0.529. The molecule has 0 aromatic heterocycles. The second-order valence-corrected chi connectivity index (χ2v) is 6.84. The van der Waals surface area contributed by atoms with E-state index in [1.54, 1.807) is 32.9 Å². The first kappa shape index (κ1) is 17.2. The van der Waals surface area contributed by atoms with Crippen LogP contribution >= 0.6 is 0 Å². The summed E-state index contributed by atoms with van der Waals surface area (Å²) in [6, 6.07) is 5.15. The Morgan fingerprint density at radius 3 is 2.65 bits per heavy atom. The summed E-state index contributed by atoms with van der Waals surface area (Å²) in [6.45, 7) is 5.54. The third-order valence-corrected chi connectivity index (χ3v) is 3.79. The van der Waals surface area contributed by atoms with Crippen LogP contribution in [-0.2, 0) is 16.0 Å². The van der Waals surface area contributed by atoms with Gasteiger partial charge in [-0.3, -0.25) is 4.90 Å². The lowest BCUT2D eigenvalue weighted by atomic mass is 9.92. The number of carbonyl (C=O) groups excluding carboxylic acids is 1. The van der Waals surface area contributed by atoms with Crippen LogP contribution in [0.5, 0.6) is 0 Å². The van der Waals surface area contributed by atoms with Crippen molar-refractivity contribution in [3.8, 4) is 0 Å². The Bertz CT molecular complexity index is 597. The molecule has 0 bridgehead atoms. The molecule has 1 heterocycles. The number of rotatable bonds is 3. The number of carboxylic acids is 1. The van der Waals surface area contributed by atoms with E-state index in [0.29, 0.717) is 19.4 Å². The topological polar surface area (TPSA) is 66.8 Å². The molecule has 23 heavy (non-hydrogen) atoms. The first-order valence-electron chi connectivity index (χ1n) is 7.64. The van der Waals surface area contributed by atoms with E-state index in [-0.39, 0.29) is 11.7 Å². The number of ether oxygens (including phenoxy) is 1.